The first-order chi connectivity index (χ1) is 9.66. The normalized spacial score (nSPS) is 12.2. The summed E-state index contributed by atoms with van der Waals surface area (Å²) >= 11 is 0. The van der Waals surface area contributed by atoms with E-state index in [9.17, 15) is 9.59 Å². The van der Waals surface area contributed by atoms with E-state index in [0.717, 1.165) is 38.5 Å². The van der Waals surface area contributed by atoms with Gasteiger partial charge in [0, 0.05) is 18.9 Å². The smallest absolute Gasteiger partial charge is 0.303 e. The van der Waals surface area contributed by atoms with Crippen LogP contribution in [0.4, 0.5) is 0 Å². The standard InChI is InChI=1S/C16H31NO3/c1-15(11-7-8-12-16(19)20)17-13-9-5-3-2-4-6-10-14-18/h14-15,17H,2-13H2,1H3,(H,19,20). The number of carbonyl (C=O) groups is 2. The highest BCUT2D eigenvalue weighted by atomic mass is 16.4. The Labute approximate surface area is 123 Å². The Morgan fingerprint density at radius 1 is 1.05 bits per heavy atom. The van der Waals surface area contributed by atoms with Gasteiger partial charge < -0.3 is 15.2 Å². The first-order valence-electron chi connectivity index (χ1n) is 8.05. The molecule has 1 atom stereocenters. The fourth-order valence-electron chi connectivity index (χ4n) is 2.24. The molecule has 0 aliphatic rings. The molecule has 0 fully saturated rings. The van der Waals surface area contributed by atoms with Gasteiger partial charge in [-0.3, -0.25) is 4.79 Å². The van der Waals surface area contributed by atoms with Gasteiger partial charge in [-0.15, -0.1) is 0 Å². The number of hydrogen-bond acceptors (Lipinski definition) is 3. The Balaban J connectivity index is 3.16. The minimum absolute atomic E-state index is 0.289. The lowest BCUT2D eigenvalue weighted by atomic mass is 10.1. The van der Waals surface area contributed by atoms with Gasteiger partial charge in [-0.25, -0.2) is 0 Å². The lowest BCUT2D eigenvalue weighted by Gasteiger charge is -2.13. The zero-order valence-electron chi connectivity index (χ0n) is 12.9. The van der Waals surface area contributed by atoms with Gasteiger partial charge in [-0.05, 0) is 39.2 Å². The van der Waals surface area contributed by atoms with Crippen LogP contribution >= 0.6 is 0 Å². The van der Waals surface area contributed by atoms with E-state index in [1.165, 1.54) is 32.1 Å². The molecule has 0 aromatic carbocycles. The Morgan fingerprint density at radius 3 is 2.35 bits per heavy atom. The molecule has 0 amide bonds. The molecule has 0 heterocycles. The fourth-order valence-corrected chi connectivity index (χ4v) is 2.24. The van der Waals surface area contributed by atoms with Gasteiger partial charge in [0.1, 0.15) is 6.29 Å². The van der Waals surface area contributed by atoms with Crippen LogP contribution in [0.3, 0.4) is 0 Å². The van der Waals surface area contributed by atoms with Crippen molar-refractivity contribution in [3.05, 3.63) is 0 Å². The molecule has 2 N–H and O–H groups in total. The van der Waals surface area contributed by atoms with Gasteiger partial charge in [-0.1, -0.05) is 32.1 Å². The predicted octanol–water partition coefficient (Wildman–Crippen LogP) is 3.54. The molecule has 0 aromatic heterocycles. The number of hydrogen-bond donors (Lipinski definition) is 2. The molecular formula is C16H31NO3. The van der Waals surface area contributed by atoms with E-state index in [1.54, 1.807) is 0 Å². The Morgan fingerprint density at radius 2 is 1.70 bits per heavy atom. The van der Waals surface area contributed by atoms with Gasteiger partial charge in [0.05, 0.1) is 0 Å². The molecule has 4 nitrogen and oxygen atoms in total. The average molecular weight is 285 g/mol. The predicted molar refractivity (Wildman–Crippen MR) is 82.0 cm³/mol. The largest absolute Gasteiger partial charge is 0.481 e. The van der Waals surface area contributed by atoms with Gasteiger partial charge in [-0.2, -0.15) is 0 Å². The summed E-state index contributed by atoms with van der Waals surface area (Å²) in [6, 6.07) is 0.483. The number of rotatable bonds is 15. The number of aliphatic carboxylic acids is 1. The SMILES string of the molecule is CC(CCCCC(=O)O)NCCCCCCCCC=O. The molecule has 0 saturated heterocycles. The van der Waals surface area contributed by atoms with Crippen molar-refractivity contribution < 1.29 is 14.7 Å². The van der Waals surface area contributed by atoms with Crippen LogP contribution in [0, 0.1) is 0 Å². The van der Waals surface area contributed by atoms with Crippen LogP contribution in [0.1, 0.15) is 77.6 Å². The summed E-state index contributed by atoms with van der Waals surface area (Å²) in [4.78, 5) is 20.5. The molecule has 118 valence electrons. The maximum absolute atomic E-state index is 10.4. The number of carboxylic acids is 1. The molecule has 0 saturated carbocycles. The highest BCUT2D eigenvalue weighted by Gasteiger charge is 2.02. The average Bonchev–Trinajstić information content (AvgIpc) is 2.41. The maximum atomic E-state index is 10.4. The van der Waals surface area contributed by atoms with Crippen molar-refractivity contribution >= 4 is 12.3 Å². The number of unbranched alkanes of at least 4 members (excludes halogenated alkanes) is 7. The summed E-state index contributed by atoms with van der Waals surface area (Å²) in [5, 5.41) is 12.0. The van der Waals surface area contributed by atoms with Gasteiger partial charge in [0.25, 0.3) is 0 Å². The minimum atomic E-state index is -0.696. The highest BCUT2D eigenvalue weighted by Crippen LogP contribution is 2.07. The maximum Gasteiger partial charge on any atom is 0.303 e. The third kappa shape index (κ3) is 15.2. The van der Waals surface area contributed by atoms with Crippen molar-refractivity contribution in [2.75, 3.05) is 6.54 Å². The summed E-state index contributed by atoms with van der Waals surface area (Å²) in [6.07, 6.45) is 12.0. The summed E-state index contributed by atoms with van der Waals surface area (Å²) in [5.41, 5.74) is 0. The Hall–Kier alpha value is -0.900. The van der Waals surface area contributed by atoms with Crippen LogP contribution in [0.2, 0.25) is 0 Å². The van der Waals surface area contributed by atoms with E-state index in [4.69, 9.17) is 5.11 Å². The topological polar surface area (TPSA) is 66.4 Å². The number of carbonyl (C=O) groups excluding carboxylic acids is 1. The van der Waals surface area contributed by atoms with Crippen molar-refractivity contribution in [2.45, 2.75) is 83.6 Å². The van der Waals surface area contributed by atoms with E-state index < -0.39 is 5.97 Å². The van der Waals surface area contributed by atoms with Crippen LogP contribution < -0.4 is 5.32 Å². The summed E-state index contributed by atoms with van der Waals surface area (Å²) in [5.74, 6) is -0.696. The zero-order valence-corrected chi connectivity index (χ0v) is 12.9. The summed E-state index contributed by atoms with van der Waals surface area (Å²) < 4.78 is 0. The first-order valence-corrected chi connectivity index (χ1v) is 8.05. The fraction of sp³-hybridized carbons (Fsp3) is 0.875. The lowest BCUT2D eigenvalue weighted by molar-refractivity contribution is -0.137. The number of carboxylic acid groups (broad SMARTS) is 1. The van der Waals surface area contributed by atoms with Crippen molar-refractivity contribution in [1.82, 2.24) is 5.32 Å². The minimum Gasteiger partial charge on any atom is -0.481 e. The van der Waals surface area contributed by atoms with E-state index in [-0.39, 0.29) is 6.42 Å². The quantitative estimate of drug-likeness (QED) is 0.357. The van der Waals surface area contributed by atoms with Crippen LogP contribution in [0.15, 0.2) is 0 Å². The second-order valence-corrected chi connectivity index (χ2v) is 5.57. The molecule has 0 rings (SSSR count). The Kier molecular flexibility index (Phi) is 13.9. The van der Waals surface area contributed by atoms with Gasteiger partial charge >= 0.3 is 5.97 Å². The molecule has 4 heteroatoms. The summed E-state index contributed by atoms with van der Waals surface area (Å²) in [7, 11) is 0. The Bertz CT molecular complexity index is 244. The van der Waals surface area contributed by atoms with Crippen molar-refractivity contribution in [1.29, 1.82) is 0 Å². The molecule has 0 bridgehead atoms. The highest BCUT2D eigenvalue weighted by molar-refractivity contribution is 5.66. The second-order valence-electron chi connectivity index (χ2n) is 5.57. The van der Waals surface area contributed by atoms with Crippen molar-refractivity contribution in [2.24, 2.45) is 0 Å². The molecule has 0 spiro atoms. The van der Waals surface area contributed by atoms with E-state index in [1.807, 2.05) is 0 Å². The second kappa shape index (κ2) is 14.5. The van der Waals surface area contributed by atoms with Crippen LogP contribution in [-0.2, 0) is 9.59 Å². The molecular weight excluding hydrogens is 254 g/mol. The molecule has 0 aliphatic heterocycles. The molecule has 0 aliphatic carbocycles. The van der Waals surface area contributed by atoms with Crippen molar-refractivity contribution in [3.63, 3.8) is 0 Å². The van der Waals surface area contributed by atoms with Crippen LogP contribution in [0.5, 0.6) is 0 Å². The first kappa shape index (κ1) is 19.1. The number of aldehydes is 1. The molecule has 0 aromatic rings. The van der Waals surface area contributed by atoms with E-state index in [2.05, 4.69) is 12.2 Å². The van der Waals surface area contributed by atoms with Crippen LogP contribution in [0.25, 0.3) is 0 Å². The number of nitrogens with one attached hydrogen (secondary N) is 1. The summed E-state index contributed by atoms with van der Waals surface area (Å²) in [6.45, 7) is 3.22. The molecule has 1 unspecified atom stereocenters. The third-order valence-electron chi connectivity index (χ3n) is 3.52. The lowest BCUT2D eigenvalue weighted by Crippen LogP contribution is -2.26. The van der Waals surface area contributed by atoms with Crippen molar-refractivity contribution in [3.8, 4) is 0 Å². The van der Waals surface area contributed by atoms with Crippen LogP contribution in [-0.4, -0.2) is 29.9 Å². The third-order valence-corrected chi connectivity index (χ3v) is 3.52. The monoisotopic (exact) mass is 285 g/mol. The van der Waals surface area contributed by atoms with Gasteiger partial charge in [0.2, 0.25) is 0 Å². The van der Waals surface area contributed by atoms with E-state index in [0.29, 0.717) is 12.5 Å². The zero-order chi connectivity index (χ0) is 15.1. The van der Waals surface area contributed by atoms with Gasteiger partial charge in [0.15, 0.2) is 0 Å². The molecule has 0 radical (unpaired) electrons. The van der Waals surface area contributed by atoms with E-state index >= 15 is 0 Å². The molecule has 20 heavy (non-hydrogen) atoms.